The monoisotopic (exact) mass is 193 g/mol. The van der Waals surface area contributed by atoms with Gasteiger partial charge in [0.2, 0.25) is 5.78 Å². The van der Waals surface area contributed by atoms with Gasteiger partial charge in [0.1, 0.15) is 0 Å². The predicted molar refractivity (Wildman–Crippen MR) is 54.8 cm³/mol. The molecule has 0 spiro atoms. The van der Waals surface area contributed by atoms with Gasteiger partial charge >= 0.3 is 0 Å². The number of likely N-dealkylation sites (N-methyl/N-ethyl adjacent to an activating group) is 1. The van der Waals surface area contributed by atoms with Gasteiger partial charge in [-0.2, -0.15) is 0 Å². The molecular formula is C11H15NO2. The highest BCUT2D eigenvalue weighted by Crippen LogP contribution is 2.22. The zero-order chi connectivity index (χ0) is 10.9. The topological polar surface area (TPSA) is 46.2 Å². The van der Waals surface area contributed by atoms with Crippen LogP contribution in [-0.2, 0) is 9.59 Å². The van der Waals surface area contributed by atoms with Crippen molar-refractivity contribution in [1.82, 2.24) is 5.32 Å². The van der Waals surface area contributed by atoms with Crippen LogP contribution in [0.4, 0.5) is 0 Å². The Balaban J connectivity index is 3.19. The van der Waals surface area contributed by atoms with Crippen molar-refractivity contribution >= 4 is 11.6 Å². The summed E-state index contributed by atoms with van der Waals surface area (Å²) in [5, 5.41) is 2.94. The summed E-state index contributed by atoms with van der Waals surface area (Å²) in [6.07, 6.45) is 0. The fourth-order valence-electron chi connectivity index (χ4n) is 1.48. The summed E-state index contributed by atoms with van der Waals surface area (Å²) in [7, 11) is 0. The van der Waals surface area contributed by atoms with E-state index in [0.717, 1.165) is 0 Å². The fourth-order valence-corrected chi connectivity index (χ4v) is 1.48. The summed E-state index contributed by atoms with van der Waals surface area (Å²) in [4.78, 5) is 23.4. The second-order valence-electron chi connectivity index (χ2n) is 3.44. The van der Waals surface area contributed by atoms with Gasteiger partial charge in [-0.15, -0.1) is 0 Å². The number of nitrogens with one attached hydrogen (secondary N) is 1. The molecular weight excluding hydrogens is 178 g/mol. The number of carbonyl (C=O) groups is 2. The Labute approximate surface area is 83.9 Å². The van der Waals surface area contributed by atoms with E-state index in [2.05, 4.69) is 5.32 Å². The van der Waals surface area contributed by atoms with Crippen molar-refractivity contribution in [1.29, 1.82) is 0 Å². The molecule has 0 fully saturated rings. The molecule has 14 heavy (non-hydrogen) atoms. The molecule has 0 aliphatic heterocycles. The Morgan fingerprint density at radius 1 is 0.929 bits per heavy atom. The summed E-state index contributed by atoms with van der Waals surface area (Å²) in [6.45, 7) is 7.63. The molecule has 1 N–H and O–H groups in total. The van der Waals surface area contributed by atoms with Crippen LogP contribution in [0.15, 0.2) is 22.4 Å². The van der Waals surface area contributed by atoms with E-state index >= 15 is 0 Å². The molecule has 0 aromatic heterocycles. The van der Waals surface area contributed by atoms with Crippen LogP contribution in [0.2, 0.25) is 0 Å². The van der Waals surface area contributed by atoms with E-state index in [1.807, 2.05) is 6.92 Å². The van der Waals surface area contributed by atoms with Crippen molar-refractivity contribution in [3.63, 3.8) is 0 Å². The summed E-state index contributed by atoms with van der Waals surface area (Å²) in [6, 6.07) is 0. The van der Waals surface area contributed by atoms with E-state index in [1.54, 1.807) is 20.8 Å². The highest BCUT2D eigenvalue weighted by Gasteiger charge is 2.27. The third-order valence-corrected chi connectivity index (χ3v) is 2.54. The van der Waals surface area contributed by atoms with Crippen molar-refractivity contribution in [2.24, 2.45) is 0 Å². The van der Waals surface area contributed by atoms with E-state index < -0.39 is 0 Å². The van der Waals surface area contributed by atoms with Crippen molar-refractivity contribution < 1.29 is 9.59 Å². The first kappa shape index (κ1) is 10.7. The molecule has 3 nitrogen and oxygen atoms in total. The first-order valence-corrected chi connectivity index (χ1v) is 4.72. The molecule has 0 radical (unpaired) electrons. The number of hydrogen-bond acceptors (Lipinski definition) is 3. The maximum atomic E-state index is 11.8. The average Bonchev–Trinajstić information content (AvgIpc) is 2.19. The van der Waals surface area contributed by atoms with Gasteiger partial charge < -0.3 is 5.32 Å². The van der Waals surface area contributed by atoms with Crippen LogP contribution < -0.4 is 5.32 Å². The fraction of sp³-hybridized carbons (Fsp3) is 0.455. The van der Waals surface area contributed by atoms with Crippen molar-refractivity contribution in [3.8, 4) is 0 Å². The lowest BCUT2D eigenvalue weighted by molar-refractivity contribution is -0.116. The molecule has 0 aromatic carbocycles. The molecule has 0 atom stereocenters. The average molecular weight is 193 g/mol. The van der Waals surface area contributed by atoms with Gasteiger partial charge in [-0.05, 0) is 27.7 Å². The Hall–Kier alpha value is -1.38. The normalized spacial score (nSPS) is 18.0. The lowest BCUT2D eigenvalue weighted by Gasteiger charge is -2.18. The Kier molecular flexibility index (Phi) is 2.89. The number of Topliss-reactive ketones (excluding diaryl/α,β-unsaturated/α-hetero) is 2. The van der Waals surface area contributed by atoms with E-state index in [-0.39, 0.29) is 11.6 Å². The van der Waals surface area contributed by atoms with Crippen LogP contribution in [0.3, 0.4) is 0 Å². The quantitative estimate of drug-likeness (QED) is 0.673. The molecule has 0 saturated carbocycles. The van der Waals surface area contributed by atoms with E-state index in [0.29, 0.717) is 29.0 Å². The van der Waals surface area contributed by atoms with Gasteiger partial charge in [0.05, 0.1) is 5.70 Å². The lowest BCUT2D eigenvalue weighted by Crippen LogP contribution is -2.29. The van der Waals surface area contributed by atoms with Crippen molar-refractivity contribution in [2.45, 2.75) is 27.7 Å². The number of hydrogen-bond donors (Lipinski definition) is 1. The molecule has 1 rings (SSSR count). The van der Waals surface area contributed by atoms with Crippen molar-refractivity contribution in [2.75, 3.05) is 6.54 Å². The summed E-state index contributed by atoms with van der Waals surface area (Å²) in [5.74, 6) is -0.0838. The lowest BCUT2D eigenvalue weighted by atomic mass is 9.89. The molecule has 3 heteroatoms. The Morgan fingerprint density at radius 3 is 1.93 bits per heavy atom. The number of carbonyl (C=O) groups excluding carboxylic acids is 2. The third kappa shape index (κ3) is 1.50. The van der Waals surface area contributed by atoms with Crippen LogP contribution in [-0.4, -0.2) is 18.1 Å². The van der Waals surface area contributed by atoms with Crippen LogP contribution >= 0.6 is 0 Å². The minimum atomic E-state index is -0.0542. The molecule has 0 bridgehead atoms. The van der Waals surface area contributed by atoms with Gasteiger partial charge in [-0.1, -0.05) is 0 Å². The predicted octanol–water partition coefficient (Wildman–Crippen LogP) is 1.36. The maximum absolute atomic E-state index is 11.8. The number of ketones is 2. The van der Waals surface area contributed by atoms with Gasteiger partial charge in [0, 0.05) is 23.3 Å². The van der Waals surface area contributed by atoms with E-state index in [4.69, 9.17) is 0 Å². The molecule has 1 aliphatic carbocycles. The van der Waals surface area contributed by atoms with Gasteiger partial charge in [0.25, 0.3) is 0 Å². The summed E-state index contributed by atoms with van der Waals surface area (Å²) < 4.78 is 0. The number of rotatable bonds is 2. The minimum Gasteiger partial charge on any atom is -0.382 e. The van der Waals surface area contributed by atoms with Crippen LogP contribution in [0.25, 0.3) is 0 Å². The van der Waals surface area contributed by atoms with Gasteiger partial charge in [0.15, 0.2) is 5.78 Å². The number of allylic oxidation sites excluding steroid dienone is 3. The van der Waals surface area contributed by atoms with Crippen molar-refractivity contribution in [3.05, 3.63) is 22.4 Å². The van der Waals surface area contributed by atoms with E-state index in [9.17, 15) is 9.59 Å². The molecule has 0 amide bonds. The second kappa shape index (κ2) is 3.78. The van der Waals surface area contributed by atoms with Crippen LogP contribution in [0, 0.1) is 0 Å². The Bertz CT molecular complexity index is 361. The highest BCUT2D eigenvalue weighted by molar-refractivity contribution is 6.24. The molecule has 0 saturated heterocycles. The van der Waals surface area contributed by atoms with Gasteiger partial charge in [-0.3, -0.25) is 9.59 Å². The highest BCUT2D eigenvalue weighted by atomic mass is 16.1. The summed E-state index contributed by atoms with van der Waals surface area (Å²) >= 11 is 0. The first-order chi connectivity index (χ1) is 6.50. The van der Waals surface area contributed by atoms with Crippen LogP contribution in [0.1, 0.15) is 27.7 Å². The molecule has 0 heterocycles. The summed E-state index contributed by atoms with van der Waals surface area (Å²) in [5.41, 5.74) is 2.10. The first-order valence-electron chi connectivity index (χ1n) is 4.72. The molecule has 76 valence electrons. The molecule has 1 aliphatic rings. The zero-order valence-corrected chi connectivity index (χ0v) is 9.02. The standard InChI is InChI=1S/C11H15NO2/c1-5-12-9-8(4)10(13)6(2)7(3)11(9)14/h12H,5H2,1-4H3. The smallest absolute Gasteiger partial charge is 0.205 e. The zero-order valence-electron chi connectivity index (χ0n) is 9.02. The van der Waals surface area contributed by atoms with E-state index in [1.165, 1.54) is 0 Å². The molecule has 0 aromatic rings. The minimum absolute atomic E-state index is 0.0296. The largest absolute Gasteiger partial charge is 0.382 e. The van der Waals surface area contributed by atoms with Gasteiger partial charge in [-0.25, -0.2) is 0 Å². The maximum Gasteiger partial charge on any atom is 0.205 e. The molecule has 0 unspecified atom stereocenters. The van der Waals surface area contributed by atoms with Crippen LogP contribution in [0.5, 0.6) is 0 Å². The Morgan fingerprint density at radius 2 is 1.43 bits per heavy atom. The SMILES string of the molecule is CCNC1=C(C)C(=O)C(C)=C(C)C1=O. The third-order valence-electron chi connectivity index (χ3n) is 2.54. The second-order valence-corrected chi connectivity index (χ2v) is 3.44.